The Morgan fingerprint density at radius 2 is 1.94 bits per heavy atom. The van der Waals surface area contributed by atoms with Crippen LogP contribution in [0.15, 0.2) is 53.1 Å². The first-order valence-electron chi connectivity index (χ1n) is 10.5. The van der Waals surface area contributed by atoms with Crippen LogP contribution in [0.5, 0.6) is 11.5 Å². The molecule has 2 amide bonds. The number of para-hydroxylation sites is 1. The molecule has 0 atom stereocenters. The summed E-state index contributed by atoms with van der Waals surface area (Å²) in [6, 6.07) is 12.2. The molecule has 178 valence electrons. The topological polar surface area (TPSA) is 93.9 Å². The summed E-state index contributed by atoms with van der Waals surface area (Å²) in [5, 5.41) is 7.04. The average molecular weight is 484 g/mol. The Balaban J connectivity index is 1.58. The molecule has 3 rings (SSSR count). The van der Waals surface area contributed by atoms with Gasteiger partial charge in [0.25, 0.3) is 0 Å². The van der Waals surface area contributed by atoms with Crippen LogP contribution in [-0.4, -0.2) is 42.6 Å². The largest absolute Gasteiger partial charge is 0.493 e. The second-order valence-corrected chi connectivity index (χ2v) is 7.96. The van der Waals surface area contributed by atoms with Gasteiger partial charge in [0, 0.05) is 13.1 Å². The minimum Gasteiger partial charge on any atom is -0.493 e. The highest BCUT2D eigenvalue weighted by Crippen LogP contribution is 2.30. The molecule has 1 N–H and O–H groups in total. The monoisotopic (exact) mass is 483 g/mol. The maximum absolute atomic E-state index is 12.5. The number of ether oxygens (including phenoxy) is 2. The minimum absolute atomic E-state index is 0.119. The van der Waals surface area contributed by atoms with Crippen molar-refractivity contribution in [3.63, 3.8) is 0 Å². The molecule has 34 heavy (non-hydrogen) atoms. The molecule has 1 aromatic heterocycles. The van der Waals surface area contributed by atoms with E-state index in [0.717, 1.165) is 16.8 Å². The molecular weight excluding hydrogens is 458 g/mol. The number of hydrogen-bond donors (Lipinski definition) is 1. The fourth-order valence-electron chi connectivity index (χ4n) is 3.11. The summed E-state index contributed by atoms with van der Waals surface area (Å²) in [5.74, 6) is 1.11. The lowest BCUT2D eigenvalue weighted by molar-refractivity contribution is -0.129. The van der Waals surface area contributed by atoms with Gasteiger partial charge in [0.1, 0.15) is 12.4 Å². The van der Waals surface area contributed by atoms with Gasteiger partial charge in [-0.05, 0) is 49.8 Å². The molecule has 0 aliphatic rings. The number of hydrogen-bond acceptors (Lipinski definition) is 6. The summed E-state index contributed by atoms with van der Waals surface area (Å²) in [6.45, 7) is 3.87. The third kappa shape index (κ3) is 6.39. The van der Waals surface area contributed by atoms with Gasteiger partial charge >= 0.3 is 0 Å². The van der Waals surface area contributed by atoms with Gasteiger partial charge in [-0.25, -0.2) is 0 Å². The Morgan fingerprint density at radius 3 is 2.62 bits per heavy atom. The first-order valence-corrected chi connectivity index (χ1v) is 10.9. The van der Waals surface area contributed by atoms with Gasteiger partial charge in [0.2, 0.25) is 11.8 Å². The third-order valence-corrected chi connectivity index (χ3v) is 5.39. The summed E-state index contributed by atoms with van der Waals surface area (Å²) in [7, 11) is 3.09. The van der Waals surface area contributed by atoms with Crippen LogP contribution in [0.25, 0.3) is 6.08 Å². The van der Waals surface area contributed by atoms with Crippen LogP contribution in [0.4, 0.5) is 5.69 Å². The zero-order valence-corrected chi connectivity index (χ0v) is 20.2. The molecule has 9 heteroatoms. The van der Waals surface area contributed by atoms with Gasteiger partial charge in [0.05, 0.1) is 35.6 Å². The number of anilines is 1. The van der Waals surface area contributed by atoms with Crippen LogP contribution < -0.4 is 14.8 Å². The van der Waals surface area contributed by atoms with E-state index in [9.17, 15) is 9.59 Å². The summed E-state index contributed by atoms with van der Waals surface area (Å²) < 4.78 is 16.5. The standard InChI is InChI=1S/C25H26ClN3O5/c1-16-19(17(2)34-28-16)15-33-22-11-9-18(13-23(22)32-4)10-12-25(31)29(3)14-24(30)27-21-8-6-5-7-20(21)26/h5-13H,14-15H2,1-4H3,(H,27,30)/b12-10+. The van der Waals surface area contributed by atoms with E-state index in [4.69, 9.17) is 25.6 Å². The number of nitrogens with one attached hydrogen (secondary N) is 1. The minimum atomic E-state index is -0.348. The summed E-state index contributed by atoms with van der Waals surface area (Å²) >= 11 is 6.05. The average Bonchev–Trinajstić information content (AvgIpc) is 3.14. The predicted molar refractivity (Wildman–Crippen MR) is 130 cm³/mol. The molecular formula is C25H26ClN3O5. The van der Waals surface area contributed by atoms with E-state index in [1.165, 1.54) is 11.0 Å². The number of likely N-dealkylation sites (N-methyl/N-ethyl adjacent to an activating group) is 1. The molecule has 0 spiro atoms. The highest BCUT2D eigenvalue weighted by Gasteiger charge is 2.13. The van der Waals surface area contributed by atoms with Crippen LogP contribution in [0.2, 0.25) is 5.02 Å². The van der Waals surface area contributed by atoms with E-state index in [0.29, 0.717) is 34.6 Å². The molecule has 0 fully saturated rings. The number of benzene rings is 2. The number of amides is 2. The van der Waals surface area contributed by atoms with Crippen molar-refractivity contribution in [1.82, 2.24) is 10.1 Å². The predicted octanol–water partition coefficient (Wildman–Crippen LogP) is 4.64. The Hall–Kier alpha value is -3.78. The molecule has 0 aliphatic carbocycles. The van der Waals surface area contributed by atoms with Gasteiger partial charge in [-0.1, -0.05) is 35.0 Å². The maximum Gasteiger partial charge on any atom is 0.246 e. The molecule has 0 bridgehead atoms. The second kappa shape index (κ2) is 11.4. The van der Waals surface area contributed by atoms with Gasteiger partial charge in [-0.3, -0.25) is 9.59 Å². The summed E-state index contributed by atoms with van der Waals surface area (Å²) in [4.78, 5) is 26.0. The van der Waals surface area contributed by atoms with E-state index in [1.54, 1.807) is 62.7 Å². The smallest absolute Gasteiger partial charge is 0.246 e. The number of aryl methyl sites for hydroxylation is 2. The highest BCUT2D eigenvalue weighted by atomic mass is 35.5. The van der Waals surface area contributed by atoms with E-state index >= 15 is 0 Å². The zero-order chi connectivity index (χ0) is 24.7. The lowest BCUT2D eigenvalue weighted by atomic mass is 10.1. The number of rotatable bonds is 9. The number of halogens is 1. The van der Waals surface area contributed by atoms with Gasteiger partial charge < -0.3 is 24.2 Å². The zero-order valence-electron chi connectivity index (χ0n) is 19.4. The Morgan fingerprint density at radius 1 is 1.18 bits per heavy atom. The van der Waals surface area contributed by atoms with Crippen molar-refractivity contribution in [1.29, 1.82) is 0 Å². The molecule has 0 radical (unpaired) electrons. The SMILES string of the molecule is COc1cc(/C=C/C(=O)N(C)CC(=O)Nc2ccccc2Cl)ccc1OCc1c(C)noc1C. The van der Waals surface area contributed by atoms with E-state index in [2.05, 4.69) is 10.5 Å². The van der Waals surface area contributed by atoms with Crippen molar-refractivity contribution in [2.45, 2.75) is 20.5 Å². The van der Waals surface area contributed by atoms with Crippen LogP contribution in [0.3, 0.4) is 0 Å². The fraction of sp³-hybridized carbons (Fsp3) is 0.240. The van der Waals surface area contributed by atoms with Crippen LogP contribution in [0, 0.1) is 13.8 Å². The molecule has 2 aromatic carbocycles. The van der Waals surface area contributed by atoms with Crippen molar-refractivity contribution in [2.24, 2.45) is 0 Å². The number of methoxy groups -OCH3 is 1. The van der Waals surface area contributed by atoms with Crippen LogP contribution >= 0.6 is 11.6 Å². The quantitative estimate of drug-likeness (QED) is 0.445. The molecule has 3 aromatic rings. The number of nitrogens with zero attached hydrogens (tertiary/aromatic N) is 2. The van der Waals surface area contributed by atoms with Crippen molar-refractivity contribution in [3.8, 4) is 11.5 Å². The van der Waals surface area contributed by atoms with E-state index < -0.39 is 0 Å². The van der Waals surface area contributed by atoms with Crippen molar-refractivity contribution < 1.29 is 23.6 Å². The van der Waals surface area contributed by atoms with Crippen LogP contribution in [-0.2, 0) is 16.2 Å². The van der Waals surface area contributed by atoms with E-state index in [-0.39, 0.29) is 18.4 Å². The highest BCUT2D eigenvalue weighted by molar-refractivity contribution is 6.33. The molecule has 0 saturated carbocycles. The number of carbonyl (C=O) groups excluding carboxylic acids is 2. The summed E-state index contributed by atoms with van der Waals surface area (Å²) in [5.41, 5.74) is 2.90. The lowest BCUT2D eigenvalue weighted by Gasteiger charge is -2.15. The van der Waals surface area contributed by atoms with Crippen molar-refractivity contribution in [2.75, 3.05) is 26.0 Å². The Kier molecular flexibility index (Phi) is 8.32. The Labute approximate surface area is 203 Å². The van der Waals surface area contributed by atoms with E-state index in [1.807, 2.05) is 13.8 Å². The second-order valence-electron chi connectivity index (χ2n) is 7.56. The molecule has 8 nitrogen and oxygen atoms in total. The molecule has 0 saturated heterocycles. The van der Waals surface area contributed by atoms with Crippen LogP contribution in [0.1, 0.15) is 22.6 Å². The normalized spacial score (nSPS) is 10.9. The number of carbonyl (C=O) groups is 2. The summed E-state index contributed by atoms with van der Waals surface area (Å²) in [6.07, 6.45) is 3.04. The third-order valence-electron chi connectivity index (χ3n) is 5.06. The lowest BCUT2D eigenvalue weighted by Crippen LogP contribution is -2.33. The van der Waals surface area contributed by atoms with Gasteiger partial charge in [-0.15, -0.1) is 0 Å². The fourth-order valence-corrected chi connectivity index (χ4v) is 3.29. The number of aromatic nitrogens is 1. The Bertz CT molecular complexity index is 1190. The van der Waals surface area contributed by atoms with Crippen molar-refractivity contribution in [3.05, 3.63) is 76.1 Å². The molecule has 1 heterocycles. The first kappa shape index (κ1) is 24.9. The van der Waals surface area contributed by atoms with Crippen molar-refractivity contribution >= 4 is 35.2 Å². The van der Waals surface area contributed by atoms with Gasteiger partial charge in [-0.2, -0.15) is 0 Å². The van der Waals surface area contributed by atoms with Gasteiger partial charge in [0.15, 0.2) is 11.5 Å². The molecule has 0 aliphatic heterocycles. The molecule has 0 unspecified atom stereocenters. The maximum atomic E-state index is 12.5. The first-order chi connectivity index (χ1) is 16.3.